The monoisotopic (exact) mass is 410 g/mol. The summed E-state index contributed by atoms with van der Waals surface area (Å²) in [7, 11) is 6.84. The third kappa shape index (κ3) is 4.02. The number of ether oxygens (including phenoxy) is 2. The molecule has 0 bridgehead atoms. The van der Waals surface area contributed by atoms with E-state index in [4.69, 9.17) is 9.47 Å². The van der Waals surface area contributed by atoms with E-state index in [9.17, 15) is 14.7 Å². The molecule has 2 aromatic rings. The van der Waals surface area contributed by atoms with Crippen LogP contribution in [0.1, 0.15) is 17.2 Å². The van der Waals surface area contributed by atoms with E-state index in [1.165, 1.54) is 12.0 Å². The minimum Gasteiger partial charge on any atom is -0.507 e. The third-order valence-electron chi connectivity index (χ3n) is 5.11. The summed E-state index contributed by atoms with van der Waals surface area (Å²) in [5, 5.41) is 11.0. The standard InChI is InChI=1S/C23H26N2O5/c1-24(2)12-13-25-20(17-14-16(29-3)10-11-18(17)30-4)19(22(27)23(25)28)21(26)15-8-6-5-7-9-15/h5-11,14,20,26H,12-13H2,1-4H3/b21-19-. The average molecular weight is 410 g/mol. The smallest absolute Gasteiger partial charge is 0.295 e. The van der Waals surface area contributed by atoms with Crippen LogP contribution in [0.5, 0.6) is 11.5 Å². The van der Waals surface area contributed by atoms with E-state index in [2.05, 4.69) is 0 Å². The molecule has 0 radical (unpaired) electrons. The molecule has 3 rings (SSSR count). The normalized spacial score (nSPS) is 18.2. The van der Waals surface area contributed by atoms with Crippen LogP contribution in [0.4, 0.5) is 0 Å². The quantitative estimate of drug-likeness (QED) is 0.430. The highest BCUT2D eigenvalue weighted by molar-refractivity contribution is 6.46. The molecule has 7 heteroatoms. The van der Waals surface area contributed by atoms with E-state index in [-0.39, 0.29) is 11.3 Å². The number of ketones is 1. The molecule has 0 aromatic heterocycles. The number of amides is 1. The summed E-state index contributed by atoms with van der Waals surface area (Å²) in [6.07, 6.45) is 0. The zero-order chi connectivity index (χ0) is 21.8. The molecule has 0 spiro atoms. The van der Waals surface area contributed by atoms with Crippen molar-refractivity contribution in [3.63, 3.8) is 0 Å². The fraction of sp³-hybridized carbons (Fsp3) is 0.304. The maximum absolute atomic E-state index is 13.0. The van der Waals surface area contributed by atoms with Crippen LogP contribution in [-0.4, -0.2) is 68.0 Å². The van der Waals surface area contributed by atoms with Crippen LogP contribution in [0.25, 0.3) is 5.76 Å². The molecule has 1 atom stereocenters. The van der Waals surface area contributed by atoms with Crippen LogP contribution < -0.4 is 9.47 Å². The predicted octanol–water partition coefficient (Wildman–Crippen LogP) is 2.69. The number of aliphatic hydroxyl groups excluding tert-OH is 1. The van der Waals surface area contributed by atoms with Gasteiger partial charge in [-0.05, 0) is 32.3 Å². The molecule has 158 valence electrons. The molecule has 1 amide bonds. The van der Waals surface area contributed by atoms with Gasteiger partial charge in [0.05, 0.1) is 25.8 Å². The van der Waals surface area contributed by atoms with Crippen molar-refractivity contribution in [2.24, 2.45) is 0 Å². The molecular weight excluding hydrogens is 384 g/mol. The number of likely N-dealkylation sites (N-methyl/N-ethyl adjacent to an activating group) is 1. The van der Waals surface area contributed by atoms with Gasteiger partial charge in [-0.2, -0.15) is 0 Å². The van der Waals surface area contributed by atoms with Crippen LogP contribution in [0.3, 0.4) is 0 Å². The number of hydrogen-bond acceptors (Lipinski definition) is 6. The van der Waals surface area contributed by atoms with Crippen molar-refractivity contribution >= 4 is 17.4 Å². The van der Waals surface area contributed by atoms with Gasteiger partial charge in [0.2, 0.25) is 0 Å². The Morgan fingerprint density at radius 1 is 1.07 bits per heavy atom. The molecule has 0 aliphatic carbocycles. The number of carbonyl (C=O) groups excluding carboxylic acids is 2. The van der Waals surface area contributed by atoms with E-state index in [0.29, 0.717) is 35.7 Å². The molecular formula is C23H26N2O5. The minimum atomic E-state index is -0.796. The maximum Gasteiger partial charge on any atom is 0.295 e. The van der Waals surface area contributed by atoms with Crippen LogP contribution in [0, 0.1) is 0 Å². The summed E-state index contributed by atoms with van der Waals surface area (Å²) in [6, 6.07) is 13.1. The average Bonchev–Trinajstić information content (AvgIpc) is 3.01. The molecule has 30 heavy (non-hydrogen) atoms. The van der Waals surface area contributed by atoms with E-state index < -0.39 is 17.7 Å². The highest BCUT2D eigenvalue weighted by Crippen LogP contribution is 2.43. The van der Waals surface area contributed by atoms with Gasteiger partial charge < -0.3 is 24.4 Å². The van der Waals surface area contributed by atoms with E-state index in [1.807, 2.05) is 25.1 Å². The van der Waals surface area contributed by atoms with Crippen molar-refractivity contribution < 1.29 is 24.2 Å². The summed E-state index contributed by atoms with van der Waals surface area (Å²) < 4.78 is 10.9. The molecule has 1 aliphatic rings. The molecule has 1 fully saturated rings. The first kappa shape index (κ1) is 21.4. The van der Waals surface area contributed by atoms with Crippen molar-refractivity contribution in [1.82, 2.24) is 9.80 Å². The molecule has 1 N–H and O–H groups in total. The Kier molecular flexibility index (Phi) is 6.42. The second kappa shape index (κ2) is 9.00. The number of hydrogen-bond donors (Lipinski definition) is 1. The van der Waals surface area contributed by atoms with Gasteiger partial charge in [-0.25, -0.2) is 0 Å². The molecule has 1 unspecified atom stereocenters. The molecule has 1 saturated heterocycles. The summed E-state index contributed by atoms with van der Waals surface area (Å²) >= 11 is 0. The lowest BCUT2D eigenvalue weighted by atomic mass is 9.94. The minimum absolute atomic E-state index is 0.0384. The Morgan fingerprint density at radius 2 is 1.77 bits per heavy atom. The summed E-state index contributed by atoms with van der Waals surface area (Å²) in [5.74, 6) is -0.523. The number of methoxy groups -OCH3 is 2. The fourth-order valence-electron chi connectivity index (χ4n) is 3.55. The lowest BCUT2D eigenvalue weighted by Gasteiger charge is -2.28. The fourth-order valence-corrected chi connectivity index (χ4v) is 3.55. The van der Waals surface area contributed by atoms with Gasteiger partial charge in [0, 0.05) is 24.2 Å². The first-order chi connectivity index (χ1) is 14.4. The van der Waals surface area contributed by atoms with E-state index >= 15 is 0 Å². The van der Waals surface area contributed by atoms with E-state index in [1.54, 1.807) is 49.6 Å². The van der Waals surface area contributed by atoms with Crippen LogP contribution >= 0.6 is 0 Å². The van der Waals surface area contributed by atoms with Crippen LogP contribution in [0.2, 0.25) is 0 Å². The van der Waals surface area contributed by atoms with Gasteiger partial charge in [0.25, 0.3) is 11.7 Å². The number of aliphatic hydroxyl groups is 1. The highest BCUT2D eigenvalue weighted by atomic mass is 16.5. The Balaban J connectivity index is 2.23. The number of benzene rings is 2. The number of rotatable bonds is 7. The van der Waals surface area contributed by atoms with Gasteiger partial charge >= 0.3 is 0 Å². The number of Topliss-reactive ketones (excluding diaryl/α,β-unsaturated/α-hetero) is 1. The van der Waals surface area contributed by atoms with Gasteiger partial charge in [-0.15, -0.1) is 0 Å². The number of carbonyl (C=O) groups is 2. The summed E-state index contributed by atoms with van der Waals surface area (Å²) in [4.78, 5) is 29.4. The number of nitrogens with zero attached hydrogens (tertiary/aromatic N) is 2. The lowest BCUT2D eigenvalue weighted by molar-refractivity contribution is -0.140. The van der Waals surface area contributed by atoms with Crippen molar-refractivity contribution in [1.29, 1.82) is 0 Å². The zero-order valence-corrected chi connectivity index (χ0v) is 17.6. The zero-order valence-electron chi connectivity index (χ0n) is 17.6. The van der Waals surface area contributed by atoms with Gasteiger partial charge in [-0.1, -0.05) is 30.3 Å². The summed E-state index contributed by atoms with van der Waals surface area (Å²) in [6.45, 7) is 0.870. The Bertz CT molecular complexity index is 969. The number of likely N-dealkylation sites (tertiary alicyclic amines) is 1. The highest BCUT2D eigenvalue weighted by Gasteiger charge is 2.47. The topological polar surface area (TPSA) is 79.3 Å². The predicted molar refractivity (Wildman–Crippen MR) is 114 cm³/mol. The second-order valence-electron chi connectivity index (χ2n) is 7.27. The van der Waals surface area contributed by atoms with Crippen molar-refractivity contribution in [2.75, 3.05) is 41.4 Å². The van der Waals surface area contributed by atoms with Gasteiger partial charge in [-0.3, -0.25) is 9.59 Å². The molecule has 1 heterocycles. The summed E-state index contributed by atoms with van der Waals surface area (Å²) in [5.41, 5.74) is 1.08. The second-order valence-corrected chi connectivity index (χ2v) is 7.27. The first-order valence-corrected chi connectivity index (χ1v) is 9.59. The van der Waals surface area contributed by atoms with Gasteiger partial charge in [0.1, 0.15) is 17.3 Å². The van der Waals surface area contributed by atoms with Crippen molar-refractivity contribution in [2.45, 2.75) is 6.04 Å². The lowest BCUT2D eigenvalue weighted by Crippen LogP contribution is -2.35. The van der Waals surface area contributed by atoms with Crippen molar-refractivity contribution in [3.8, 4) is 11.5 Å². The molecule has 2 aromatic carbocycles. The van der Waals surface area contributed by atoms with E-state index in [0.717, 1.165) is 0 Å². The first-order valence-electron chi connectivity index (χ1n) is 9.59. The van der Waals surface area contributed by atoms with Crippen LogP contribution in [-0.2, 0) is 9.59 Å². The van der Waals surface area contributed by atoms with Crippen molar-refractivity contribution in [3.05, 3.63) is 65.2 Å². The Hall–Kier alpha value is -3.32. The third-order valence-corrected chi connectivity index (χ3v) is 5.11. The maximum atomic E-state index is 13.0. The Morgan fingerprint density at radius 3 is 2.37 bits per heavy atom. The van der Waals surface area contributed by atoms with Crippen LogP contribution in [0.15, 0.2) is 54.1 Å². The largest absolute Gasteiger partial charge is 0.507 e. The SMILES string of the molecule is COc1ccc(OC)c(C2/C(=C(/O)c3ccccc3)C(=O)C(=O)N2CCN(C)C)c1. The molecule has 7 nitrogen and oxygen atoms in total. The van der Waals surface area contributed by atoms with Gasteiger partial charge in [0.15, 0.2) is 0 Å². The Labute approximate surface area is 176 Å². The molecule has 0 saturated carbocycles. The molecule has 1 aliphatic heterocycles.